The Hall–Kier alpha value is -1.38. The molecule has 3 nitrogen and oxygen atoms in total. The van der Waals surface area contributed by atoms with E-state index in [1.54, 1.807) is 0 Å². The highest BCUT2D eigenvalue weighted by atomic mass is 15.2. The molecule has 1 aromatic rings. The second kappa shape index (κ2) is 4.91. The Morgan fingerprint density at radius 2 is 1.87 bits per heavy atom. The number of nitrogens with zero attached hydrogens (tertiary/aromatic N) is 3. The summed E-state index contributed by atoms with van der Waals surface area (Å²) in [6.07, 6.45) is 0. The molecule has 0 spiro atoms. The van der Waals surface area contributed by atoms with Crippen molar-refractivity contribution in [3.8, 4) is 0 Å². The van der Waals surface area contributed by atoms with Crippen LogP contribution in [0.15, 0.2) is 18.2 Å². The quantitative estimate of drug-likeness (QED) is 0.707. The molecule has 1 aromatic heterocycles. The van der Waals surface area contributed by atoms with Gasteiger partial charge < -0.3 is 4.90 Å². The van der Waals surface area contributed by atoms with Crippen molar-refractivity contribution in [1.29, 1.82) is 0 Å². The highest BCUT2D eigenvalue weighted by Crippen LogP contribution is 2.10. The standard InChI is InChI=1S/C12H19N3/c1-6-15(8-9(2)3)12-13-10(4)7-11(5)14-12/h7H,2,6,8H2,1,3-5H3. The van der Waals surface area contributed by atoms with Crippen molar-refractivity contribution in [2.24, 2.45) is 0 Å². The summed E-state index contributed by atoms with van der Waals surface area (Å²) in [5, 5.41) is 0. The fraction of sp³-hybridized carbons (Fsp3) is 0.500. The number of rotatable bonds is 4. The van der Waals surface area contributed by atoms with Gasteiger partial charge in [-0.3, -0.25) is 0 Å². The number of hydrogen-bond donors (Lipinski definition) is 0. The summed E-state index contributed by atoms with van der Waals surface area (Å²) in [7, 11) is 0. The van der Waals surface area contributed by atoms with Crippen LogP contribution in [-0.4, -0.2) is 23.1 Å². The van der Waals surface area contributed by atoms with Gasteiger partial charge in [0.15, 0.2) is 0 Å². The van der Waals surface area contributed by atoms with Crippen molar-refractivity contribution >= 4 is 5.95 Å². The maximum Gasteiger partial charge on any atom is 0.226 e. The lowest BCUT2D eigenvalue weighted by Gasteiger charge is -2.21. The minimum Gasteiger partial charge on any atom is -0.337 e. The van der Waals surface area contributed by atoms with E-state index in [-0.39, 0.29) is 0 Å². The van der Waals surface area contributed by atoms with E-state index in [1.165, 1.54) is 0 Å². The zero-order valence-corrected chi connectivity index (χ0v) is 10.0. The van der Waals surface area contributed by atoms with Gasteiger partial charge in [-0.2, -0.15) is 0 Å². The van der Waals surface area contributed by atoms with Gasteiger partial charge in [0.2, 0.25) is 5.95 Å². The van der Waals surface area contributed by atoms with E-state index >= 15 is 0 Å². The molecule has 0 atom stereocenters. The van der Waals surface area contributed by atoms with Crippen LogP contribution < -0.4 is 4.90 Å². The van der Waals surface area contributed by atoms with Crippen LogP contribution in [0, 0.1) is 13.8 Å². The molecule has 15 heavy (non-hydrogen) atoms. The maximum absolute atomic E-state index is 4.43. The van der Waals surface area contributed by atoms with E-state index in [4.69, 9.17) is 0 Å². The molecule has 0 radical (unpaired) electrons. The number of likely N-dealkylation sites (N-methyl/N-ethyl adjacent to an activating group) is 1. The van der Waals surface area contributed by atoms with Crippen molar-refractivity contribution in [2.45, 2.75) is 27.7 Å². The molecule has 0 aromatic carbocycles. The van der Waals surface area contributed by atoms with Gasteiger partial charge in [-0.05, 0) is 33.8 Å². The summed E-state index contributed by atoms with van der Waals surface area (Å²) in [6, 6.07) is 1.98. The molecule has 1 rings (SSSR count). The first kappa shape index (κ1) is 11.7. The number of aryl methyl sites for hydroxylation is 2. The Morgan fingerprint density at radius 3 is 2.27 bits per heavy atom. The lowest BCUT2D eigenvalue weighted by atomic mass is 10.3. The van der Waals surface area contributed by atoms with E-state index in [9.17, 15) is 0 Å². The molecular formula is C12H19N3. The third-order valence-electron chi connectivity index (χ3n) is 2.10. The van der Waals surface area contributed by atoms with Crippen molar-refractivity contribution in [3.63, 3.8) is 0 Å². The third kappa shape index (κ3) is 3.35. The number of hydrogen-bond acceptors (Lipinski definition) is 3. The molecule has 0 fully saturated rings. The van der Waals surface area contributed by atoms with Gasteiger partial charge in [-0.25, -0.2) is 9.97 Å². The number of aromatic nitrogens is 2. The Labute approximate surface area is 91.9 Å². The lowest BCUT2D eigenvalue weighted by Crippen LogP contribution is -2.26. The van der Waals surface area contributed by atoms with Crippen molar-refractivity contribution in [2.75, 3.05) is 18.0 Å². The molecule has 0 aliphatic heterocycles. The molecular weight excluding hydrogens is 186 g/mol. The normalized spacial score (nSPS) is 10.1. The largest absolute Gasteiger partial charge is 0.337 e. The minimum absolute atomic E-state index is 0.804. The van der Waals surface area contributed by atoms with Crippen molar-refractivity contribution in [1.82, 2.24) is 9.97 Å². The number of anilines is 1. The van der Waals surface area contributed by atoms with Crippen LogP contribution in [0.2, 0.25) is 0 Å². The molecule has 1 heterocycles. The second-order valence-electron chi connectivity index (χ2n) is 3.92. The van der Waals surface area contributed by atoms with Crippen LogP contribution in [-0.2, 0) is 0 Å². The molecule has 82 valence electrons. The van der Waals surface area contributed by atoms with Crippen LogP contribution in [0.3, 0.4) is 0 Å². The van der Waals surface area contributed by atoms with Gasteiger partial charge in [0.25, 0.3) is 0 Å². The molecule has 0 aliphatic carbocycles. The smallest absolute Gasteiger partial charge is 0.226 e. The summed E-state index contributed by atoms with van der Waals surface area (Å²) in [5.41, 5.74) is 3.15. The first-order valence-electron chi connectivity index (χ1n) is 5.24. The molecule has 0 bridgehead atoms. The van der Waals surface area contributed by atoms with E-state index in [0.29, 0.717) is 0 Å². The third-order valence-corrected chi connectivity index (χ3v) is 2.10. The fourth-order valence-electron chi connectivity index (χ4n) is 1.50. The second-order valence-corrected chi connectivity index (χ2v) is 3.92. The Morgan fingerprint density at radius 1 is 1.33 bits per heavy atom. The van der Waals surface area contributed by atoms with Crippen molar-refractivity contribution in [3.05, 3.63) is 29.6 Å². The molecule has 0 saturated carbocycles. The Bertz CT molecular complexity index is 338. The summed E-state index contributed by atoms with van der Waals surface area (Å²) >= 11 is 0. The van der Waals surface area contributed by atoms with Crippen LogP contribution >= 0.6 is 0 Å². The predicted molar refractivity (Wildman–Crippen MR) is 64.2 cm³/mol. The van der Waals surface area contributed by atoms with Gasteiger partial charge in [-0.1, -0.05) is 12.2 Å². The van der Waals surface area contributed by atoms with E-state index in [0.717, 1.165) is 36.0 Å². The summed E-state index contributed by atoms with van der Waals surface area (Å²) < 4.78 is 0. The van der Waals surface area contributed by atoms with Crippen LogP contribution in [0.4, 0.5) is 5.95 Å². The molecule has 0 aliphatic rings. The minimum atomic E-state index is 0.804. The SMILES string of the molecule is C=C(C)CN(CC)c1nc(C)cc(C)n1. The van der Waals surface area contributed by atoms with Crippen LogP contribution in [0.5, 0.6) is 0 Å². The molecule has 0 unspecified atom stereocenters. The van der Waals surface area contributed by atoms with Gasteiger partial charge >= 0.3 is 0 Å². The zero-order valence-electron chi connectivity index (χ0n) is 10.0. The van der Waals surface area contributed by atoms with E-state index < -0.39 is 0 Å². The fourth-order valence-corrected chi connectivity index (χ4v) is 1.50. The average Bonchev–Trinajstić information content (AvgIpc) is 2.12. The van der Waals surface area contributed by atoms with Crippen LogP contribution in [0.1, 0.15) is 25.2 Å². The highest BCUT2D eigenvalue weighted by molar-refractivity contribution is 5.33. The summed E-state index contributed by atoms with van der Waals surface area (Å²) in [6.45, 7) is 13.7. The maximum atomic E-state index is 4.43. The van der Waals surface area contributed by atoms with Gasteiger partial charge in [0.1, 0.15) is 0 Å². The molecule has 0 amide bonds. The van der Waals surface area contributed by atoms with Gasteiger partial charge in [-0.15, -0.1) is 0 Å². The zero-order chi connectivity index (χ0) is 11.4. The van der Waals surface area contributed by atoms with Crippen LogP contribution in [0.25, 0.3) is 0 Å². The molecule has 3 heteroatoms. The first-order chi connectivity index (χ1) is 7.02. The van der Waals surface area contributed by atoms with E-state index in [2.05, 4.69) is 28.4 Å². The summed E-state index contributed by atoms with van der Waals surface area (Å²) in [5.74, 6) is 0.804. The Balaban J connectivity index is 2.95. The highest BCUT2D eigenvalue weighted by Gasteiger charge is 2.08. The predicted octanol–water partition coefficient (Wildman–Crippen LogP) is 2.50. The topological polar surface area (TPSA) is 29.0 Å². The van der Waals surface area contributed by atoms with Crippen molar-refractivity contribution < 1.29 is 0 Å². The first-order valence-corrected chi connectivity index (χ1v) is 5.24. The lowest BCUT2D eigenvalue weighted by molar-refractivity contribution is 0.822. The van der Waals surface area contributed by atoms with Gasteiger partial charge in [0, 0.05) is 24.5 Å². The monoisotopic (exact) mass is 205 g/mol. The molecule has 0 saturated heterocycles. The van der Waals surface area contributed by atoms with Gasteiger partial charge in [0.05, 0.1) is 0 Å². The summed E-state index contributed by atoms with van der Waals surface area (Å²) in [4.78, 5) is 11.0. The van der Waals surface area contributed by atoms with E-state index in [1.807, 2.05) is 26.8 Å². The molecule has 0 N–H and O–H groups in total. The average molecular weight is 205 g/mol. The Kier molecular flexibility index (Phi) is 3.83.